The van der Waals surface area contributed by atoms with E-state index in [1.807, 2.05) is 0 Å². The lowest BCUT2D eigenvalue weighted by Crippen LogP contribution is -2.43. The number of sulfonamides is 1. The van der Waals surface area contributed by atoms with Crippen LogP contribution >= 0.6 is 11.6 Å². The second-order valence-corrected chi connectivity index (χ2v) is 10.3. The minimum Gasteiger partial charge on any atom is -0.486 e. The number of hydrogen-bond donors (Lipinski definition) is 1. The van der Waals surface area contributed by atoms with E-state index in [-0.39, 0.29) is 41.4 Å². The first-order valence-corrected chi connectivity index (χ1v) is 12.4. The van der Waals surface area contributed by atoms with E-state index in [1.165, 1.54) is 30.3 Å². The maximum atomic E-state index is 14.0. The summed E-state index contributed by atoms with van der Waals surface area (Å²) in [6.45, 7) is -0.348. The second kappa shape index (κ2) is 9.62. The molecule has 0 fully saturated rings. The number of rotatable bonds is 6. The van der Waals surface area contributed by atoms with Gasteiger partial charge in [0.25, 0.3) is 10.0 Å². The van der Waals surface area contributed by atoms with Crippen molar-refractivity contribution in [3.05, 3.63) is 77.1 Å². The molecule has 0 aliphatic carbocycles. The Morgan fingerprint density at radius 1 is 1.11 bits per heavy atom. The summed E-state index contributed by atoms with van der Waals surface area (Å²) >= 11 is 6.09. The third-order valence-corrected chi connectivity index (χ3v) is 7.74. The maximum absolute atomic E-state index is 14.0. The number of anilines is 1. The van der Waals surface area contributed by atoms with E-state index in [0.717, 1.165) is 28.6 Å². The Labute approximate surface area is 208 Å². The number of carboxylic acids is 1. The number of carboxylic acid groups (broad SMARTS) is 1. The summed E-state index contributed by atoms with van der Waals surface area (Å²) in [7, 11) is -4.55. The Kier molecular flexibility index (Phi) is 6.89. The highest BCUT2D eigenvalue weighted by molar-refractivity contribution is 7.92. The molecule has 12 heteroatoms. The molecule has 0 radical (unpaired) electrons. The number of alkyl halides is 3. The molecule has 0 saturated carbocycles. The van der Waals surface area contributed by atoms with Crippen LogP contribution in [0, 0.1) is 5.82 Å². The lowest BCUT2D eigenvalue weighted by Gasteiger charge is -2.36. The van der Waals surface area contributed by atoms with Crippen LogP contribution in [-0.2, 0) is 21.0 Å². The van der Waals surface area contributed by atoms with E-state index in [2.05, 4.69) is 0 Å². The molecule has 1 N–H and O–H groups in total. The zero-order chi connectivity index (χ0) is 26.3. The molecule has 0 saturated heterocycles. The smallest absolute Gasteiger partial charge is 0.416 e. The largest absolute Gasteiger partial charge is 0.486 e. The molecule has 36 heavy (non-hydrogen) atoms. The molecule has 1 atom stereocenters. The quantitative estimate of drug-likeness (QED) is 0.386. The second-order valence-electron chi connectivity index (χ2n) is 8.02. The fraction of sp³-hybridized carbons (Fsp3) is 0.208. The molecule has 0 amide bonds. The van der Waals surface area contributed by atoms with Gasteiger partial charge in [-0.1, -0.05) is 35.9 Å². The van der Waals surface area contributed by atoms with Crippen molar-refractivity contribution in [3.8, 4) is 16.9 Å². The highest BCUT2D eigenvalue weighted by atomic mass is 35.5. The standard InChI is InChI=1S/C24H18ClF4NO5S/c25-23-18(5-2-6-19(23)26)14-7-9-21-20(11-14)30(13-16(35-21)8-10-22(31)32)36(33,34)17-4-1-3-15(12-17)24(27,28)29/h1-7,9,11-12,16H,8,10,13H2,(H,31,32). The van der Waals surface area contributed by atoms with Gasteiger partial charge >= 0.3 is 12.1 Å². The van der Waals surface area contributed by atoms with Crippen molar-refractivity contribution < 1.29 is 40.6 Å². The predicted octanol–water partition coefficient (Wildman–Crippen LogP) is 5.99. The molecule has 1 aliphatic rings. The van der Waals surface area contributed by atoms with Gasteiger partial charge in [0.05, 0.1) is 27.7 Å². The van der Waals surface area contributed by atoms with Gasteiger partial charge in [0.2, 0.25) is 0 Å². The Balaban J connectivity index is 1.83. The molecule has 3 aromatic rings. The summed E-state index contributed by atoms with van der Waals surface area (Å²) in [4.78, 5) is 10.4. The Morgan fingerprint density at radius 2 is 1.83 bits per heavy atom. The van der Waals surface area contributed by atoms with E-state index in [9.17, 15) is 30.8 Å². The van der Waals surface area contributed by atoms with E-state index in [1.54, 1.807) is 0 Å². The predicted molar refractivity (Wildman–Crippen MR) is 124 cm³/mol. The van der Waals surface area contributed by atoms with Crippen LogP contribution in [0.3, 0.4) is 0 Å². The number of ether oxygens (including phenoxy) is 1. The molecule has 1 aliphatic heterocycles. The van der Waals surface area contributed by atoms with Gasteiger partial charge in [-0.25, -0.2) is 12.8 Å². The number of benzene rings is 3. The summed E-state index contributed by atoms with van der Waals surface area (Å²) in [6.07, 6.45) is -5.99. The molecule has 0 spiro atoms. The third kappa shape index (κ3) is 5.12. The molecular weight excluding hydrogens is 526 g/mol. The fourth-order valence-corrected chi connectivity index (χ4v) is 5.61. The molecule has 1 heterocycles. The zero-order valence-corrected chi connectivity index (χ0v) is 19.9. The van der Waals surface area contributed by atoms with E-state index >= 15 is 0 Å². The van der Waals surface area contributed by atoms with Crippen LogP contribution in [0.15, 0.2) is 65.6 Å². The molecule has 4 rings (SSSR count). The molecule has 0 aromatic heterocycles. The van der Waals surface area contributed by atoms with Crippen molar-refractivity contribution >= 4 is 33.3 Å². The van der Waals surface area contributed by atoms with Crippen molar-refractivity contribution in [2.75, 3.05) is 10.8 Å². The van der Waals surface area contributed by atoms with Gasteiger partial charge in [-0.3, -0.25) is 9.10 Å². The first-order valence-electron chi connectivity index (χ1n) is 10.5. The Morgan fingerprint density at radius 3 is 2.53 bits per heavy atom. The first-order chi connectivity index (χ1) is 16.9. The number of nitrogens with zero attached hydrogens (tertiary/aromatic N) is 1. The molecular formula is C24H18ClF4NO5S. The van der Waals surface area contributed by atoms with Gasteiger partial charge in [-0.15, -0.1) is 0 Å². The Hall–Kier alpha value is -3.31. The summed E-state index contributed by atoms with van der Waals surface area (Å²) in [5, 5.41) is 8.83. The van der Waals surface area contributed by atoms with Crippen LogP contribution in [0.5, 0.6) is 5.75 Å². The monoisotopic (exact) mass is 543 g/mol. The summed E-state index contributed by atoms with van der Waals surface area (Å²) < 4.78 is 87.7. The third-order valence-electron chi connectivity index (χ3n) is 5.58. The fourth-order valence-electron chi connectivity index (χ4n) is 3.83. The van der Waals surface area contributed by atoms with Crippen LogP contribution < -0.4 is 9.04 Å². The van der Waals surface area contributed by atoms with Crippen molar-refractivity contribution in [3.63, 3.8) is 0 Å². The van der Waals surface area contributed by atoms with E-state index in [4.69, 9.17) is 21.4 Å². The minimum absolute atomic E-state index is 0.00295. The Bertz CT molecular complexity index is 1430. The summed E-state index contributed by atoms with van der Waals surface area (Å²) in [5.41, 5.74) is -0.532. The highest BCUT2D eigenvalue weighted by Crippen LogP contribution is 2.42. The number of hydrogen-bond acceptors (Lipinski definition) is 4. The van der Waals surface area contributed by atoms with Gasteiger partial charge in [-0.2, -0.15) is 13.2 Å². The summed E-state index contributed by atoms with van der Waals surface area (Å²) in [5.74, 6) is -1.73. The molecule has 6 nitrogen and oxygen atoms in total. The van der Waals surface area contributed by atoms with Gasteiger partial charge < -0.3 is 9.84 Å². The lowest BCUT2D eigenvalue weighted by molar-refractivity contribution is -0.138. The lowest BCUT2D eigenvalue weighted by atomic mass is 10.0. The van der Waals surface area contributed by atoms with Gasteiger partial charge in [-0.05, 0) is 48.4 Å². The number of fused-ring (bicyclic) bond motifs is 1. The first kappa shape index (κ1) is 25.8. The van der Waals surface area contributed by atoms with Gasteiger partial charge in [0.1, 0.15) is 17.7 Å². The molecule has 0 bridgehead atoms. The summed E-state index contributed by atoms with van der Waals surface area (Å²) in [6, 6.07) is 11.8. The SMILES string of the molecule is O=C(O)CCC1CN(S(=O)(=O)c2cccc(C(F)(F)F)c2)c2cc(-c3cccc(F)c3Cl)ccc2O1. The van der Waals surface area contributed by atoms with Crippen LogP contribution in [0.4, 0.5) is 23.2 Å². The van der Waals surface area contributed by atoms with Gasteiger partial charge in [0, 0.05) is 12.0 Å². The van der Waals surface area contributed by atoms with Crippen LogP contribution in [0.1, 0.15) is 18.4 Å². The van der Waals surface area contributed by atoms with E-state index < -0.39 is 44.5 Å². The zero-order valence-electron chi connectivity index (χ0n) is 18.3. The van der Waals surface area contributed by atoms with Crippen molar-refractivity contribution in [1.29, 1.82) is 0 Å². The van der Waals surface area contributed by atoms with Gasteiger partial charge in [0.15, 0.2) is 0 Å². The molecule has 3 aromatic carbocycles. The maximum Gasteiger partial charge on any atom is 0.416 e. The number of aliphatic carboxylic acids is 1. The normalized spacial score (nSPS) is 15.8. The molecule has 190 valence electrons. The molecule has 1 unspecified atom stereocenters. The highest BCUT2D eigenvalue weighted by Gasteiger charge is 2.37. The average Bonchev–Trinajstić information content (AvgIpc) is 2.83. The van der Waals surface area contributed by atoms with Crippen LogP contribution in [0.25, 0.3) is 11.1 Å². The van der Waals surface area contributed by atoms with Crippen LogP contribution in [-0.4, -0.2) is 32.1 Å². The van der Waals surface area contributed by atoms with Crippen molar-refractivity contribution in [2.45, 2.75) is 30.0 Å². The van der Waals surface area contributed by atoms with Crippen molar-refractivity contribution in [2.24, 2.45) is 0 Å². The number of carbonyl (C=O) groups is 1. The topological polar surface area (TPSA) is 83.9 Å². The minimum atomic E-state index is -4.76. The number of halogens is 5. The van der Waals surface area contributed by atoms with E-state index in [0.29, 0.717) is 11.6 Å². The average molecular weight is 544 g/mol. The van der Waals surface area contributed by atoms with Crippen LogP contribution in [0.2, 0.25) is 5.02 Å². The van der Waals surface area contributed by atoms with Crippen molar-refractivity contribution in [1.82, 2.24) is 0 Å².